The van der Waals surface area contributed by atoms with E-state index in [0.29, 0.717) is 0 Å². The molecular formula is C11H28N2+2. The average Bonchev–Trinajstić information content (AvgIpc) is 2.02. The Bertz CT molecular complexity index is 132. The summed E-state index contributed by atoms with van der Waals surface area (Å²) in [6.07, 6.45) is 1.34. The van der Waals surface area contributed by atoms with E-state index in [2.05, 4.69) is 42.0 Å². The zero-order valence-electron chi connectivity index (χ0n) is 10.4. The molecule has 0 aromatic heterocycles. The van der Waals surface area contributed by atoms with Gasteiger partial charge in [0.25, 0.3) is 0 Å². The molecule has 0 N–H and O–H groups in total. The lowest BCUT2D eigenvalue weighted by molar-refractivity contribution is -0.914. The van der Waals surface area contributed by atoms with Gasteiger partial charge in [0.15, 0.2) is 0 Å². The van der Waals surface area contributed by atoms with Crippen LogP contribution in [0.1, 0.15) is 20.3 Å². The Morgan fingerprint density at radius 3 is 1.54 bits per heavy atom. The third-order valence-electron chi connectivity index (χ3n) is 3.05. The molecule has 2 heteroatoms. The third-order valence-corrected chi connectivity index (χ3v) is 3.05. The highest BCUT2D eigenvalue weighted by Gasteiger charge is 2.17. The van der Waals surface area contributed by atoms with Gasteiger partial charge in [-0.15, -0.1) is 0 Å². The van der Waals surface area contributed by atoms with Crippen molar-refractivity contribution < 1.29 is 8.97 Å². The van der Waals surface area contributed by atoms with Gasteiger partial charge >= 0.3 is 0 Å². The van der Waals surface area contributed by atoms with Crippen LogP contribution >= 0.6 is 0 Å². The Kier molecular flexibility index (Phi) is 4.93. The Balaban J connectivity index is 3.74. The standard InChI is InChI=1S/C11H28N2/c1-7-13(6,8-2)11-9-10-12(3,4)5/h7-11H2,1-6H3/q+2. The zero-order chi connectivity index (χ0) is 10.5. The molecule has 0 aliphatic heterocycles. The van der Waals surface area contributed by atoms with Crippen molar-refractivity contribution in [3.63, 3.8) is 0 Å². The maximum absolute atomic E-state index is 2.36. The maximum Gasteiger partial charge on any atom is 0.0838 e. The summed E-state index contributed by atoms with van der Waals surface area (Å²) >= 11 is 0. The predicted molar refractivity (Wildman–Crippen MR) is 59.6 cm³/mol. The molecule has 2 nitrogen and oxygen atoms in total. The molecule has 0 bridgehead atoms. The summed E-state index contributed by atoms with van der Waals surface area (Å²) in [7, 11) is 9.16. The van der Waals surface area contributed by atoms with Crippen LogP contribution in [-0.4, -0.2) is 63.3 Å². The molecule has 80 valence electrons. The first kappa shape index (κ1) is 12.9. The van der Waals surface area contributed by atoms with E-state index in [1.807, 2.05) is 0 Å². The lowest BCUT2D eigenvalue weighted by Crippen LogP contribution is -2.46. The van der Waals surface area contributed by atoms with Gasteiger partial charge in [-0.2, -0.15) is 0 Å². The van der Waals surface area contributed by atoms with Gasteiger partial charge < -0.3 is 8.97 Å². The number of hydrogen-bond acceptors (Lipinski definition) is 0. The summed E-state index contributed by atoms with van der Waals surface area (Å²) in [4.78, 5) is 0. The first-order valence-corrected chi connectivity index (χ1v) is 5.47. The van der Waals surface area contributed by atoms with Crippen molar-refractivity contribution in [2.24, 2.45) is 0 Å². The number of hydrogen-bond donors (Lipinski definition) is 0. The molecule has 0 aliphatic rings. The summed E-state index contributed by atoms with van der Waals surface area (Å²) in [5.74, 6) is 0. The largest absolute Gasteiger partial charge is 0.331 e. The normalized spacial score (nSPS) is 13.4. The van der Waals surface area contributed by atoms with Crippen LogP contribution in [0.25, 0.3) is 0 Å². The summed E-state index contributed by atoms with van der Waals surface area (Å²) in [5.41, 5.74) is 0. The monoisotopic (exact) mass is 188 g/mol. The smallest absolute Gasteiger partial charge is 0.0838 e. The molecule has 0 spiro atoms. The van der Waals surface area contributed by atoms with Crippen LogP contribution in [0.2, 0.25) is 0 Å². The van der Waals surface area contributed by atoms with Gasteiger partial charge in [0.2, 0.25) is 0 Å². The lowest BCUT2D eigenvalue weighted by atomic mass is 10.3. The van der Waals surface area contributed by atoms with E-state index in [0.717, 1.165) is 4.48 Å². The molecule has 0 unspecified atom stereocenters. The molecule has 0 heterocycles. The van der Waals surface area contributed by atoms with Gasteiger partial charge in [0, 0.05) is 6.42 Å². The van der Waals surface area contributed by atoms with Crippen LogP contribution in [0.4, 0.5) is 0 Å². The quantitative estimate of drug-likeness (QED) is 0.555. The van der Waals surface area contributed by atoms with E-state index >= 15 is 0 Å². The number of nitrogens with zero attached hydrogens (tertiary/aromatic N) is 2. The second-order valence-electron chi connectivity index (χ2n) is 5.34. The summed E-state index contributed by atoms with van der Waals surface area (Å²) in [6.45, 7) is 9.70. The van der Waals surface area contributed by atoms with Crippen LogP contribution in [0.15, 0.2) is 0 Å². The van der Waals surface area contributed by atoms with E-state index in [9.17, 15) is 0 Å². The van der Waals surface area contributed by atoms with E-state index in [1.165, 1.54) is 37.1 Å². The van der Waals surface area contributed by atoms with Gasteiger partial charge in [-0.1, -0.05) is 0 Å². The van der Waals surface area contributed by atoms with Crippen LogP contribution < -0.4 is 0 Å². The SMILES string of the molecule is CC[N+](C)(CC)CCC[N+](C)(C)C. The fourth-order valence-electron chi connectivity index (χ4n) is 1.47. The maximum atomic E-state index is 2.36. The minimum Gasteiger partial charge on any atom is -0.331 e. The molecule has 0 saturated heterocycles. The summed E-state index contributed by atoms with van der Waals surface area (Å²) in [5, 5.41) is 0. The Labute approximate surface area is 84.3 Å². The predicted octanol–water partition coefficient (Wildman–Crippen LogP) is 1.57. The Morgan fingerprint density at radius 1 is 0.769 bits per heavy atom. The minimum absolute atomic E-state index is 1.09. The lowest BCUT2D eigenvalue weighted by Gasteiger charge is -2.33. The topological polar surface area (TPSA) is 0 Å². The van der Waals surface area contributed by atoms with E-state index in [1.54, 1.807) is 0 Å². The zero-order valence-corrected chi connectivity index (χ0v) is 10.4. The van der Waals surface area contributed by atoms with Crippen molar-refractivity contribution in [1.29, 1.82) is 0 Å². The van der Waals surface area contributed by atoms with Crippen molar-refractivity contribution >= 4 is 0 Å². The van der Waals surface area contributed by atoms with Crippen molar-refractivity contribution in [2.75, 3.05) is 54.4 Å². The highest BCUT2D eigenvalue weighted by Crippen LogP contribution is 2.04. The molecule has 0 aromatic rings. The number of quaternary nitrogens is 2. The van der Waals surface area contributed by atoms with Crippen LogP contribution in [0.5, 0.6) is 0 Å². The molecular weight excluding hydrogens is 160 g/mol. The second-order valence-corrected chi connectivity index (χ2v) is 5.34. The van der Waals surface area contributed by atoms with Crippen LogP contribution in [-0.2, 0) is 0 Å². The van der Waals surface area contributed by atoms with Gasteiger partial charge in [-0.25, -0.2) is 0 Å². The van der Waals surface area contributed by atoms with Crippen molar-refractivity contribution in [3.8, 4) is 0 Å². The van der Waals surface area contributed by atoms with E-state index < -0.39 is 0 Å². The van der Waals surface area contributed by atoms with Crippen molar-refractivity contribution in [3.05, 3.63) is 0 Å². The van der Waals surface area contributed by atoms with Gasteiger partial charge in [-0.3, -0.25) is 0 Å². The van der Waals surface area contributed by atoms with Gasteiger partial charge in [0.1, 0.15) is 0 Å². The fraction of sp³-hybridized carbons (Fsp3) is 1.00. The first-order valence-electron chi connectivity index (χ1n) is 5.47. The summed E-state index contributed by atoms with van der Waals surface area (Å²) in [6, 6.07) is 0. The average molecular weight is 188 g/mol. The third kappa shape index (κ3) is 6.05. The van der Waals surface area contributed by atoms with E-state index in [-0.39, 0.29) is 0 Å². The molecule has 0 rings (SSSR count). The minimum atomic E-state index is 1.09. The van der Waals surface area contributed by atoms with Crippen molar-refractivity contribution in [2.45, 2.75) is 20.3 Å². The molecule has 0 amide bonds. The van der Waals surface area contributed by atoms with Crippen LogP contribution in [0.3, 0.4) is 0 Å². The van der Waals surface area contributed by atoms with Gasteiger partial charge in [-0.05, 0) is 13.8 Å². The second kappa shape index (κ2) is 4.97. The Morgan fingerprint density at radius 2 is 1.23 bits per heavy atom. The molecule has 0 atom stereocenters. The van der Waals surface area contributed by atoms with Gasteiger partial charge in [0.05, 0.1) is 54.4 Å². The molecule has 0 aromatic carbocycles. The molecule has 0 saturated carbocycles. The first-order chi connectivity index (χ1) is 5.83. The Hall–Kier alpha value is -0.0800. The molecule has 0 aliphatic carbocycles. The highest BCUT2D eigenvalue weighted by atomic mass is 15.3. The van der Waals surface area contributed by atoms with Crippen LogP contribution in [0, 0.1) is 0 Å². The molecule has 0 fully saturated rings. The van der Waals surface area contributed by atoms with Crippen molar-refractivity contribution in [1.82, 2.24) is 0 Å². The van der Waals surface area contributed by atoms with E-state index in [4.69, 9.17) is 0 Å². The number of rotatable bonds is 6. The molecule has 13 heavy (non-hydrogen) atoms. The highest BCUT2D eigenvalue weighted by molar-refractivity contribution is 4.37. The fourth-order valence-corrected chi connectivity index (χ4v) is 1.47. The summed E-state index contributed by atoms with van der Waals surface area (Å²) < 4.78 is 2.31. The molecule has 0 radical (unpaired) electrons.